The van der Waals surface area contributed by atoms with Crippen molar-refractivity contribution in [3.05, 3.63) is 0 Å². The zero-order valence-electron chi connectivity index (χ0n) is 6.38. The van der Waals surface area contributed by atoms with Crippen LogP contribution in [0.1, 0.15) is 26.2 Å². The fraction of sp³-hybridized carbons (Fsp3) is 0.778. The summed E-state index contributed by atoms with van der Waals surface area (Å²) < 4.78 is 0. The molecule has 0 aromatic rings. The number of terminal acetylenes is 1. The lowest BCUT2D eigenvalue weighted by molar-refractivity contribution is 0.0745. The van der Waals surface area contributed by atoms with E-state index in [-0.39, 0.29) is 12.0 Å². The monoisotopic (exact) mass is 138 g/mol. The summed E-state index contributed by atoms with van der Waals surface area (Å²) >= 11 is 0. The minimum atomic E-state index is -0.242. The quantitative estimate of drug-likeness (QED) is 0.502. The van der Waals surface area contributed by atoms with Gasteiger partial charge in [0.1, 0.15) is 0 Å². The SMILES string of the molecule is C#CC1CCC(C)CC1O. The van der Waals surface area contributed by atoms with Crippen LogP contribution in [-0.4, -0.2) is 11.2 Å². The van der Waals surface area contributed by atoms with Crippen LogP contribution in [0, 0.1) is 24.2 Å². The molecule has 10 heavy (non-hydrogen) atoms. The van der Waals surface area contributed by atoms with Crippen LogP contribution in [0.2, 0.25) is 0 Å². The minimum absolute atomic E-state index is 0.121. The summed E-state index contributed by atoms with van der Waals surface area (Å²) in [5.41, 5.74) is 0. The van der Waals surface area contributed by atoms with Crippen LogP contribution in [0.3, 0.4) is 0 Å². The Morgan fingerprint density at radius 2 is 2.20 bits per heavy atom. The van der Waals surface area contributed by atoms with Gasteiger partial charge in [-0.2, -0.15) is 0 Å². The molecule has 0 spiro atoms. The standard InChI is InChI=1S/C9H14O/c1-3-8-5-4-7(2)6-9(8)10/h1,7-10H,4-6H2,2H3. The van der Waals surface area contributed by atoms with Crippen LogP contribution < -0.4 is 0 Å². The van der Waals surface area contributed by atoms with Crippen LogP contribution in [0.5, 0.6) is 0 Å². The summed E-state index contributed by atoms with van der Waals surface area (Å²) in [6, 6.07) is 0. The van der Waals surface area contributed by atoms with Crippen LogP contribution in [0.4, 0.5) is 0 Å². The van der Waals surface area contributed by atoms with E-state index in [9.17, 15) is 5.11 Å². The molecule has 1 heteroatoms. The summed E-state index contributed by atoms with van der Waals surface area (Å²) in [7, 11) is 0. The number of aliphatic hydroxyl groups excluding tert-OH is 1. The fourth-order valence-electron chi connectivity index (χ4n) is 1.55. The van der Waals surface area contributed by atoms with Gasteiger partial charge in [-0.25, -0.2) is 0 Å². The lowest BCUT2D eigenvalue weighted by Gasteiger charge is -2.27. The second kappa shape index (κ2) is 3.07. The van der Waals surface area contributed by atoms with Gasteiger partial charge in [0.15, 0.2) is 0 Å². The maximum atomic E-state index is 9.40. The van der Waals surface area contributed by atoms with Gasteiger partial charge in [0.25, 0.3) is 0 Å². The highest BCUT2D eigenvalue weighted by Crippen LogP contribution is 2.27. The lowest BCUT2D eigenvalue weighted by atomic mass is 9.81. The van der Waals surface area contributed by atoms with Crippen molar-refractivity contribution >= 4 is 0 Å². The fourth-order valence-corrected chi connectivity index (χ4v) is 1.55. The highest BCUT2D eigenvalue weighted by molar-refractivity contribution is 4.98. The summed E-state index contributed by atoms with van der Waals surface area (Å²) in [6.07, 6.45) is 8.04. The molecule has 0 heterocycles. The average Bonchev–Trinajstić information content (AvgIpc) is 1.88. The molecule has 0 saturated heterocycles. The number of hydrogen-bond acceptors (Lipinski definition) is 1. The van der Waals surface area contributed by atoms with E-state index < -0.39 is 0 Å². The van der Waals surface area contributed by atoms with Crippen LogP contribution in [0.25, 0.3) is 0 Å². The molecule has 0 amide bonds. The molecule has 56 valence electrons. The minimum Gasteiger partial charge on any atom is -0.392 e. The molecule has 1 N–H and O–H groups in total. The van der Waals surface area contributed by atoms with Crippen LogP contribution in [-0.2, 0) is 0 Å². The first-order valence-electron chi connectivity index (χ1n) is 3.88. The molecule has 1 rings (SSSR count). The Balaban J connectivity index is 2.45. The normalized spacial score (nSPS) is 40.7. The van der Waals surface area contributed by atoms with Crippen molar-refractivity contribution in [3.63, 3.8) is 0 Å². The van der Waals surface area contributed by atoms with E-state index in [0.29, 0.717) is 5.92 Å². The predicted octanol–water partition coefficient (Wildman–Crippen LogP) is 1.42. The Hall–Kier alpha value is -0.480. The Morgan fingerprint density at radius 1 is 1.50 bits per heavy atom. The highest BCUT2D eigenvalue weighted by Gasteiger charge is 2.24. The molecule has 1 aliphatic carbocycles. The van der Waals surface area contributed by atoms with Gasteiger partial charge in [0.2, 0.25) is 0 Å². The number of hydrogen-bond donors (Lipinski definition) is 1. The Labute approximate surface area is 62.4 Å². The van der Waals surface area contributed by atoms with Gasteiger partial charge >= 0.3 is 0 Å². The van der Waals surface area contributed by atoms with Crippen LogP contribution in [0.15, 0.2) is 0 Å². The molecular formula is C9H14O. The molecule has 0 aliphatic heterocycles. The highest BCUT2D eigenvalue weighted by atomic mass is 16.3. The molecule has 0 bridgehead atoms. The smallest absolute Gasteiger partial charge is 0.0680 e. The first-order valence-corrected chi connectivity index (χ1v) is 3.88. The summed E-state index contributed by atoms with van der Waals surface area (Å²) in [5, 5.41) is 9.40. The first kappa shape index (κ1) is 7.63. The Morgan fingerprint density at radius 3 is 2.70 bits per heavy atom. The van der Waals surface area contributed by atoms with E-state index >= 15 is 0 Å². The average molecular weight is 138 g/mol. The topological polar surface area (TPSA) is 20.2 Å². The largest absolute Gasteiger partial charge is 0.392 e. The lowest BCUT2D eigenvalue weighted by Crippen LogP contribution is -2.26. The van der Waals surface area contributed by atoms with Crippen molar-refractivity contribution in [2.45, 2.75) is 32.3 Å². The molecule has 0 radical (unpaired) electrons. The van der Waals surface area contributed by atoms with Gasteiger partial charge in [0.05, 0.1) is 6.10 Å². The third-order valence-electron chi connectivity index (χ3n) is 2.29. The third kappa shape index (κ3) is 1.52. The zero-order chi connectivity index (χ0) is 7.56. The maximum Gasteiger partial charge on any atom is 0.0680 e. The van der Waals surface area contributed by atoms with E-state index in [1.54, 1.807) is 0 Å². The maximum absolute atomic E-state index is 9.40. The van der Waals surface area contributed by atoms with Crippen molar-refractivity contribution in [3.8, 4) is 12.3 Å². The third-order valence-corrected chi connectivity index (χ3v) is 2.29. The summed E-state index contributed by atoms with van der Waals surface area (Å²) in [4.78, 5) is 0. The van der Waals surface area contributed by atoms with Crippen molar-refractivity contribution < 1.29 is 5.11 Å². The molecule has 1 saturated carbocycles. The van der Waals surface area contributed by atoms with Gasteiger partial charge in [-0.1, -0.05) is 6.92 Å². The second-order valence-corrected chi connectivity index (χ2v) is 3.26. The van der Waals surface area contributed by atoms with E-state index in [2.05, 4.69) is 12.8 Å². The van der Waals surface area contributed by atoms with Gasteiger partial charge in [0, 0.05) is 5.92 Å². The van der Waals surface area contributed by atoms with Crippen LogP contribution >= 0.6 is 0 Å². The van der Waals surface area contributed by atoms with Gasteiger partial charge in [-0.05, 0) is 25.2 Å². The molecular weight excluding hydrogens is 124 g/mol. The van der Waals surface area contributed by atoms with E-state index in [0.717, 1.165) is 12.8 Å². The van der Waals surface area contributed by atoms with Crippen molar-refractivity contribution in [2.24, 2.45) is 11.8 Å². The molecule has 1 nitrogen and oxygen atoms in total. The summed E-state index contributed by atoms with van der Waals surface area (Å²) in [5.74, 6) is 3.40. The first-order chi connectivity index (χ1) is 4.74. The number of rotatable bonds is 0. The second-order valence-electron chi connectivity index (χ2n) is 3.26. The zero-order valence-corrected chi connectivity index (χ0v) is 6.38. The molecule has 1 aliphatic rings. The van der Waals surface area contributed by atoms with Crippen molar-refractivity contribution in [2.75, 3.05) is 0 Å². The van der Waals surface area contributed by atoms with Gasteiger partial charge in [-0.15, -0.1) is 12.3 Å². The predicted molar refractivity (Wildman–Crippen MR) is 41.3 cm³/mol. The number of aliphatic hydroxyl groups is 1. The van der Waals surface area contributed by atoms with Gasteiger partial charge < -0.3 is 5.11 Å². The molecule has 0 aromatic carbocycles. The molecule has 3 atom stereocenters. The van der Waals surface area contributed by atoms with Gasteiger partial charge in [-0.3, -0.25) is 0 Å². The van der Waals surface area contributed by atoms with Crippen molar-refractivity contribution in [1.29, 1.82) is 0 Å². The Kier molecular flexibility index (Phi) is 2.34. The van der Waals surface area contributed by atoms with Crippen molar-refractivity contribution in [1.82, 2.24) is 0 Å². The summed E-state index contributed by atoms with van der Waals surface area (Å²) in [6.45, 7) is 2.16. The molecule has 0 aromatic heterocycles. The van der Waals surface area contributed by atoms with E-state index in [4.69, 9.17) is 6.42 Å². The Bertz CT molecular complexity index is 145. The van der Waals surface area contributed by atoms with E-state index in [1.807, 2.05) is 0 Å². The molecule has 1 fully saturated rings. The van der Waals surface area contributed by atoms with E-state index in [1.165, 1.54) is 6.42 Å². The molecule has 3 unspecified atom stereocenters.